The molecule has 1 unspecified atom stereocenters. The normalized spacial score (nSPS) is 25.8. The maximum Gasteiger partial charge on any atom is 0.147 e. The summed E-state index contributed by atoms with van der Waals surface area (Å²) in [6.07, 6.45) is 1.51. The summed E-state index contributed by atoms with van der Waals surface area (Å²) in [7, 11) is 0. The Morgan fingerprint density at radius 2 is 2.26 bits per heavy atom. The van der Waals surface area contributed by atoms with Crippen LogP contribution in [0.4, 0.5) is 10.1 Å². The van der Waals surface area contributed by atoms with Gasteiger partial charge in [-0.3, -0.25) is 4.90 Å². The molecule has 3 rings (SSSR count). The van der Waals surface area contributed by atoms with Gasteiger partial charge in [-0.15, -0.1) is 12.4 Å². The summed E-state index contributed by atoms with van der Waals surface area (Å²) in [5, 5.41) is 12.5. The van der Waals surface area contributed by atoms with E-state index in [1.54, 1.807) is 0 Å². The van der Waals surface area contributed by atoms with Gasteiger partial charge in [-0.05, 0) is 24.0 Å². The van der Waals surface area contributed by atoms with Crippen molar-refractivity contribution in [2.45, 2.75) is 25.1 Å². The van der Waals surface area contributed by atoms with E-state index in [0.29, 0.717) is 13.0 Å². The number of hydrogen-bond acceptors (Lipinski definition) is 3. The van der Waals surface area contributed by atoms with Gasteiger partial charge in [0.05, 0.1) is 6.61 Å². The molecule has 1 aromatic rings. The summed E-state index contributed by atoms with van der Waals surface area (Å²) in [6.45, 7) is 2.46. The van der Waals surface area contributed by atoms with Crippen molar-refractivity contribution in [3.63, 3.8) is 0 Å². The summed E-state index contributed by atoms with van der Waals surface area (Å²) in [4.78, 5) is 2.09. The van der Waals surface area contributed by atoms with E-state index in [9.17, 15) is 4.39 Å². The largest absolute Gasteiger partial charge is 0.393 e. The number of alkyl halides is 1. The molecule has 0 bridgehead atoms. The predicted molar refractivity (Wildman–Crippen MR) is 76.7 cm³/mol. The Morgan fingerprint density at radius 3 is 3.00 bits per heavy atom. The van der Waals surface area contributed by atoms with Crippen LogP contribution in [0.5, 0.6) is 0 Å². The van der Waals surface area contributed by atoms with Crippen molar-refractivity contribution in [3.8, 4) is 0 Å². The third-order valence-electron chi connectivity index (χ3n) is 3.99. The minimum atomic E-state index is -1.40. The van der Waals surface area contributed by atoms with E-state index in [0.717, 1.165) is 26.1 Å². The number of anilines is 1. The zero-order valence-corrected chi connectivity index (χ0v) is 11.7. The minimum absolute atomic E-state index is 0. The van der Waals surface area contributed by atoms with Crippen molar-refractivity contribution < 1.29 is 9.50 Å². The third kappa shape index (κ3) is 2.86. The van der Waals surface area contributed by atoms with E-state index in [-0.39, 0.29) is 19.0 Å². The van der Waals surface area contributed by atoms with Crippen molar-refractivity contribution in [2.75, 3.05) is 31.6 Å². The number of nitrogens with zero attached hydrogens (tertiary/aromatic N) is 1. The highest BCUT2D eigenvalue weighted by Crippen LogP contribution is 2.31. The van der Waals surface area contributed by atoms with Gasteiger partial charge in [-0.1, -0.05) is 18.2 Å². The summed E-state index contributed by atoms with van der Waals surface area (Å²) in [5.41, 5.74) is 2.44. The van der Waals surface area contributed by atoms with Crippen molar-refractivity contribution in [1.29, 1.82) is 0 Å². The molecule has 0 amide bonds. The molecule has 1 atom stereocenters. The predicted octanol–water partition coefficient (Wildman–Crippen LogP) is 1.98. The molecule has 106 valence electrons. The molecule has 19 heavy (non-hydrogen) atoms. The van der Waals surface area contributed by atoms with Gasteiger partial charge in [-0.2, -0.15) is 0 Å². The van der Waals surface area contributed by atoms with Crippen LogP contribution in [0, 0.1) is 0 Å². The molecular weight excluding hydrogens is 267 g/mol. The molecule has 3 nitrogen and oxygen atoms in total. The van der Waals surface area contributed by atoms with E-state index in [4.69, 9.17) is 5.11 Å². The Bertz CT molecular complexity index is 457. The Kier molecular flexibility index (Phi) is 4.33. The van der Waals surface area contributed by atoms with Crippen LogP contribution < -0.4 is 5.32 Å². The SMILES string of the molecule is Cl.OCC1(F)CCN(Cc2cccc3c2NCC3)C1. The van der Waals surface area contributed by atoms with Gasteiger partial charge in [0.1, 0.15) is 5.67 Å². The number of fused-ring (bicyclic) bond motifs is 1. The lowest BCUT2D eigenvalue weighted by Crippen LogP contribution is -2.32. The van der Waals surface area contributed by atoms with E-state index in [2.05, 4.69) is 28.4 Å². The van der Waals surface area contributed by atoms with E-state index in [1.807, 2.05) is 0 Å². The van der Waals surface area contributed by atoms with Crippen molar-refractivity contribution >= 4 is 18.1 Å². The molecule has 5 heteroatoms. The molecule has 2 aliphatic rings. The van der Waals surface area contributed by atoms with E-state index in [1.165, 1.54) is 16.8 Å². The summed E-state index contributed by atoms with van der Waals surface area (Å²) in [6, 6.07) is 6.33. The lowest BCUT2D eigenvalue weighted by atomic mass is 10.1. The Balaban J connectivity index is 0.00000133. The number of rotatable bonds is 3. The first-order valence-electron chi connectivity index (χ1n) is 6.57. The summed E-state index contributed by atoms with van der Waals surface area (Å²) >= 11 is 0. The molecule has 0 saturated carbocycles. The number of likely N-dealkylation sites (tertiary alicyclic amines) is 1. The second-order valence-electron chi connectivity index (χ2n) is 5.40. The quantitative estimate of drug-likeness (QED) is 0.892. The molecule has 0 aliphatic carbocycles. The number of aliphatic hydroxyl groups is 1. The highest BCUT2D eigenvalue weighted by molar-refractivity contribution is 5.85. The highest BCUT2D eigenvalue weighted by Gasteiger charge is 2.37. The first-order chi connectivity index (χ1) is 8.70. The molecule has 0 radical (unpaired) electrons. The standard InChI is InChI=1S/C14H19FN2O.ClH/c15-14(10-18)5-7-17(9-14)8-12-3-1-2-11-4-6-16-13(11)12;/h1-3,16,18H,4-10H2;1H. The minimum Gasteiger partial charge on any atom is -0.393 e. The topological polar surface area (TPSA) is 35.5 Å². The van der Waals surface area contributed by atoms with E-state index >= 15 is 0 Å². The molecule has 2 aliphatic heterocycles. The van der Waals surface area contributed by atoms with Gasteiger partial charge in [0.25, 0.3) is 0 Å². The smallest absolute Gasteiger partial charge is 0.147 e. The molecule has 0 aromatic heterocycles. The molecular formula is C14H20ClFN2O. The maximum absolute atomic E-state index is 14.0. The van der Waals surface area contributed by atoms with Gasteiger partial charge >= 0.3 is 0 Å². The van der Waals surface area contributed by atoms with Crippen molar-refractivity contribution in [2.24, 2.45) is 0 Å². The highest BCUT2D eigenvalue weighted by atomic mass is 35.5. The average Bonchev–Trinajstić information content (AvgIpc) is 2.98. The summed E-state index contributed by atoms with van der Waals surface area (Å²) < 4.78 is 14.0. The zero-order chi connectivity index (χ0) is 12.6. The van der Waals surface area contributed by atoms with Crippen LogP contribution in [0.15, 0.2) is 18.2 Å². The Morgan fingerprint density at radius 1 is 1.42 bits per heavy atom. The van der Waals surface area contributed by atoms with Crippen LogP contribution in [0.1, 0.15) is 17.5 Å². The molecule has 2 heterocycles. The fourth-order valence-electron chi connectivity index (χ4n) is 2.96. The number of benzene rings is 1. The Hall–Kier alpha value is -0.840. The van der Waals surface area contributed by atoms with Gasteiger partial charge in [-0.25, -0.2) is 4.39 Å². The van der Waals surface area contributed by atoms with Gasteiger partial charge < -0.3 is 10.4 Å². The summed E-state index contributed by atoms with van der Waals surface area (Å²) in [5.74, 6) is 0. The number of hydrogen-bond donors (Lipinski definition) is 2. The Labute approximate surface area is 119 Å². The molecule has 1 aromatic carbocycles. The fourth-order valence-corrected chi connectivity index (χ4v) is 2.96. The molecule has 1 fully saturated rings. The third-order valence-corrected chi connectivity index (χ3v) is 3.99. The lowest BCUT2D eigenvalue weighted by Gasteiger charge is -2.20. The number of halogens is 2. The van der Waals surface area contributed by atoms with Crippen LogP contribution in [-0.2, 0) is 13.0 Å². The van der Waals surface area contributed by atoms with E-state index < -0.39 is 5.67 Å². The molecule has 1 saturated heterocycles. The second-order valence-corrected chi connectivity index (χ2v) is 5.40. The van der Waals surface area contributed by atoms with Crippen LogP contribution in [0.2, 0.25) is 0 Å². The monoisotopic (exact) mass is 286 g/mol. The lowest BCUT2D eigenvalue weighted by molar-refractivity contribution is 0.0769. The number of para-hydroxylation sites is 1. The second kappa shape index (κ2) is 5.65. The first-order valence-corrected chi connectivity index (χ1v) is 6.57. The maximum atomic E-state index is 14.0. The van der Waals surface area contributed by atoms with Crippen LogP contribution in [0.3, 0.4) is 0 Å². The number of aliphatic hydroxyl groups excluding tert-OH is 1. The van der Waals surface area contributed by atoms with Crippen molar-refractivity contribution in [3.05, 3.63) is 29.3 Å². The van der Waals surface area contributed by atoms with Crippen LogP contribution in [-0.4, -0.2) is 41.9 Å². The van der Waals surface area contributed by atoms with Gasteiger partial charge in [0, 0.05) is 31.9 Å². The molecule has 2 N–H and O–H groups in total. The average molecular weight is 287 g/mol. The number of nitrogens with one attached hydrogen (secondary N) is 1. The van der Waals surface area contributed by atoms with Crippen LogP contribution in [0.25, 0.3) is 0 Å². The van der Waals surface area contributed by atoms with Gasteiger partial charge in [0.15, 0.2) is 0 Å². The van der Waals surface area contributed by atoms with Crippen LogP contribution >= 0.6 is 12.4 Å². The van der Waals surface area contributed by atoms with Crippen molar-refractivity contribution in [1.82, 2.24) is 4.90 Å². The van der Waals surface area contributed by atoms with Gasteiger partial charge in [0.2, 0.25) is 0 Å². The molecule has 0 spiro atoms. The fraction of sp³-hybridized carbons (Fsp3) is 0.571. The zero-order valence-electron chi connectivity index (χ0n) is 10.9. The first kappa shape index (κ1) is 14.6.